The van der Waals surface area contributed by atoms with Gasteiger partial charge in [-0.25, -0.2) is 9.97 Å². The van der Waals surface area contributed by atoms with E-state index in [1.165, 1.54) is 45.8 Å². The molecule has 1 fully saturated rings. The van der Waals surface area contributed by atoms with Crippen LogP contribution in [-0.2, 0) is 9.67 Å². The number of fused-ring (bicyclic) bond motifs is 2. The third kappa shape index (κ3) is 3.02. The van der Waals surface area contributed by atoms with Crippen molar-refractivity contribution in [1.82, 2.24) is 20.3 Å². The SMILES string of the molecule is O=C1CSC(c2nc3ccc(O)cc3s2)(c2sc(-c3nc4ccc(O)cc4s3)nc2O)N1. The number of aromatic nitrogens is 3. The number of carbonyl (C=O) groups is 1. The average Bonchev–Trinajstić information content (AvgIpc) is 3.51. The van der Waals surface area contributed by atoms with Gasteiger partial charge in [-0.15, -0.1) is 45.8 Å². The molecule has 12 heteroatoms. The molecule has 1 aliphatic rings. The molecule has 2 aromatic carbocycles. The van der Waals surface area contributed by atoms with Gasteiger partial charge in [-0.05, 0) is 36.4 Å². The van der Waals surface area contributed by atoms with E-state index < -0.39 is 4.87 Å². The summed E-state index contributed by atoms with van der Waals surface area (Å²) in [6, 6.07) is 9.84. The number of carbonyl (C=O) groups excluding carboxylic acids is 1. The van der Waals surface area contributed by atoms with Crippen LogP contribution in [0.5, 0.6) is 17.4 Å². The van der Waals surface area contributed by atoms with E-state index in [4.69, 9.17) is 0 Å². The minimum atomic E-state index is -1.08. The maximum absolute atomic E-state index is 12.3. The Morgan fingerprint density at radius 3 is 2.19 bits per heavy atom. The molecule has 1 saturated heterocycles. The van der Waals surface area contributed by atoms with Gasteiger partial charge >= 0.3 is 0 Å². The van der Waals surface area contributed by atoms with Crippen LogP contribution in [-0.4, -0.2) is 41.9 Å². The zero-order chi connectivity index (χ0) is 22.0. The number of benzene rings is 2. The van der Waals surface area contributed by atoms with Gasteiger partial charge in [0.15, 0.2) is 14.9 Å². The lowest BCUT2D eigenvalue weighted by Crippen LogP contribution is -2.37. The molecule has 160 valence electrons. The van der Waals surface area contributed by atoms with Crippen LogP contribution >= 0.6 is 45.8 Å². The third-order valence-corrected chi connectivity index (χ3v) is 9.95. The highest BCUT2D eigenvalue weighted by Gasteiger charge is 2.48. The van der Waals surface area contributed by atoms with Crippen LogP contribution in [0.15, 0.2) is 36.4 Å². The second kappa shape index (κ2) is 7.04. The van der Waals surface area contributed by atoms with E-state index in [-0.39, 0.29) is 29.0 Å². The minimum absolute atomic E-state index is 0.134. The number of nitrogens with one attached hydrogen (secondary N) is 1. The molecule has 32 heavy (non-hydrogen) atoms. The Kier molecular flexibility index (Phi) is 4.34. The maximum atomic E-state index is 12.3. The molecular weight excluding hydrogens is 489 g/mol. The van der Waals surface area contributed by atoms with Crippen LogP contribution in [0, 0.1) is 0 Å². The zero-order valence-electron chi connectivity index (χ0n) is 15.9. The summed E-state index contributed by atoms with van der Waals surface area (Å²) in [4.78, 5) is 25.3. The molecule has 0 radical (unpaired) electrons. The maximum Gasteiger partial charge on any atom is 0.231 e. The second-order valence-electron chi connectivity index (χ2n) is 7.03. The Balaban J connectivity index is 1.50. The molecule has 4 heterocycles. The third-order valence-electron chi connectivity index (χ3n) is 4.89. The van der Waals surface area contributed by atoms with E-state index >= 15 is 0 Å². The number of hydrogen-bond acceptors (Lipinski definition) is 11. The fourth-order valence-electron chi connectivity index (χ4n) is 3.48. The molecule has 8 nitrogen and oxygen atoms in total. The van der Waals surface area contributed by atoms with Crippen molar-refractivity contribution in [1.29, 1.82) is 0 Å². The molecule has 0 saturated carbocycles. The van der Waals surface area contributed by atoms with E-state index in [1.54, 1.807) is 36.4 Å². The Hall–Kier alpha value is -2.93. The van der Waals surface area contributed by atoms with Gasteiger partial charge in [0.2, 0.25) is 11.8 Å². The summed E-state index contributed by atoms with van der Waals surface area (Å²) in [6.45, 7) is 0. The number of rotatable bonds is 3. The van der Waals surface area contributed by atoms with Crippen molar-refractivity contribution in [3.8, 4) is 27.4 Å². The minimum Gasteiger partial charge on any atom is -0.508 e. The van der Waals surface area contributed by atoms with Gasteiger partial charge in [0.05, 0.1) is 26.2 Å². The summed E-state index contributed by atoms with van der Waals surface area (Å²) in [5.74, 6) is 0.149. The quantitative estimate of drug-likeness (QED) is 0.290. The van der Waals surface area contributed by atoms with Crippen molar-refractivity contribution < 1.29 is 20.1 Å². The first-order valence-corrected chi connectivity index (χ1v) is 12.7. The molecule has 6 rings (SSSR count). The number of amides is 1. The lowest BCUT2D eigenvalue weighted by atomic mass is 10.2. The van der Waals surface area contributed by atoms with Gasteiger partial charge in [-0.3, -0.25) is 4.79 Å². The Morgan fingerprint density at radius 1 is 0.844 bits per heavy atom. The Labute approximate surface area is 196 Å². The van der Waals surface area contributed by atoms with Crippen LogP contribution in [0.25, 0.3) is 30.4 Å². The van der Waals surface area contributed by atoms with Gasteiger partial charge < -0.3 is 20.6 Å². The van der Waals surface area contributed by atoms with Crippen LogP contribution in [0.4, 0.5) is 0 Å². The van der Waals surface area contributed by atoms with E-state index in [0.29, 0.717) is 25.4 Å². The number of thioether (sulfide) groups is 1. The highest BCUT2D eigenvalue weighted by Crippen LogP contribution is 2.52. The molecule has 1 amide bonds. The lowest BCUT2D eigenvalue weighted by molar-refractivity contribution is -0.118. The molecule has 4 N–H and O–H groups in total. The normalized spacial score (nSPS) is 18.6. The summed E-state index contributed by atoms with van der Waals surface area (Å²) in [5.41, 5.74) is 1.42. The highest BCUT2D eigenvalue weighted by atomic mass is 32.2. The molecule has 3 aromatic heterocycles. The van der Waals surface area contributed by atoms with Crippen molar-refractivity contribution in [2.45, 2.75) is 4.87 Å². The molecule has 5 aromatic rings. The summed E-state index contributed by atoms with van der Waals surface area (Å²) in [6.07, 6.45) is 0. The summed E-state index contributed by atoms with van der Waals surface area (Å²) < 4.78 is 1.58. The molecule has 0 spiro atoms. The summed E-state index contributed by atoms with van der Waals surface area (Å²) in [5, 5.41) is 35.0. The standard InChI is InChI=1S/C20H12N4O4S4/c25-8-1-3-10-12(5-8)30-17(21-10)18-23-16(28)15(32-18)20(24-14(27)7-29-20)19-22-11-4-2-9(26)6-13(11)31-19/h1-6,25-26,28H,7H2,(H,24,27). The average molecular weight is 501 g/mol. The predicted octanol–water partition coefficient (Wildman–Crippen LogP) is 4.21. The largest absolute Gasteiger partial charge is 0.508 e. The van der Waals surface area contributed by atoms with Gasteiger partial charge in [0.1, 0.15) is 21.4 Å². The smallest absolute Gasteiger partial charge is 0.231 e. The Bertz CT molecular complexity index is 1540. The molecule has 1 atom stereocenters. The van der Waals surface area contributed by atoms with Crippen LogP contribution < -0.4 is 5.32 Å². The molecule has 1 unspecified atom stereocenters. The van der Waals surface area contributed by atoms with E-state index in [0.717, 1.165) is 14.9 Å². The highest BCUT2D eigenvalue weighted by molar-refractivity contribution is 8.01. The van der Waals surface area contributed by atoms with Crippen molar-refractivity contribution in [3.63, 3.8) is 0 Å². The molecule has 1 aliphatic heterocycles. The van der Waals surface area contributed by atoms with Gasteiger partial charge in [-0.2, -0.15) is 4.98 Å². The van der Waals surface area contributed by atoms with Crippen LogP contribution in [0.2, 0.25) is 0 Å². The van der Waals surface area contributed by atoms with Crippen molar-refractivity contribution in [2.75, 3.05) is 5.75 Å². The number of hydrogen-bond donors (Lipinski definition) is 4. The predicted molar refractivity (Wildman–Crippen MR) is 127 cm³/mol. The number of nitrogens with zero attached hydrogens (tertiary/aromatic N) is 3. The van der Waals surface area contributed by atoms with Crippen molar-refractivity contribution >= 4 is 72.1 Å². The van der Waals surface area contributed by atoms with Crippen molar-refractivity contribution in [3.05, 3.63) is 46.3 Å². The summed E-state index contributed by atoms with van der Waals surface area (Å²) >= 11 is 5.29. The fraction of sp³-hybridized carbons (Fsp3) is 0.100. The first-order chi connectivity index (χ1) is 15.4. The topological polar surface area (TPSA) is 128 Å². The molecular formula is C20H12N4O4S4. The van der Waals surface area contributed by atoms with E-state index in [1.807, 2.05) is 0 Å². The number of phenolic OH excluding ortho intramolecular Hbond substituents is 2. The van der Waals surface area contributed by atoms with Crippen molar-refractivity contribution in [2.24, 2.45) is 0 Å². The zero-order valence-corrected chi connectivity index (χ0v) is 19.2. The van der Waals surface area contributed by atoms with Crippen LogP contribution in [0.3, 0.4) is 0 Å². The monoisotopic (exact) mass is 500 g/mol. The van der Waals surface area contributed by atoms with E-state index in [2.05, 4.69) is 20.3 Å². The fourth-order valence-corrected chi connectivity index (χ4v) is 8.21. The van der Waals surface area contributed by atoms with Gasteiger partial charge in [0.25, 0.3) is 0 Å². The summed E-state index contributed by atoms with van der Waals surface area (Å²) in [7, 11) is 0. The molecule has 0 bridgehead atoms. The first kappa shape index (κ1) is 19.7. The van der Waals surface area contributed by atoms with E-state index in [9.17, 15) is 20.1 Å². The van der Waals surface area contributed by atoms with Crippen LogP contribution in [0.1, 0.15) is 9.88 Å². The van der Waals surface area contributed by atoms with Gasteiger partial charge in [0, 0.05) is 0 Å². The number of thiazole rings is 3. The van der Waals surface area contributed by atoms with Gasteiger partial charge in [-0.1, -0.05) is 0 Å². The Morgan fingerprint density at radius 2 is 1.50 bits per heavy atom. The first-order valence-electron chi connectivity index (χ1n) is 9.26. The lowest BCUT2D eigenvalue weighted by Gasteiger charge is -2.24. The number of phenols is 2. The number of aromatic hydroxyl groups is 3. The molecule has 0 aliphatic carbocycles. The second-order valence-corrected chi connectivity index (χ2v) is 11.3.